The van der Waals surface area contributed by atoms with Crippen molar-refractivity contribution in [2.45, 2.75) is 32.0 Å². The van der Waals surface area contributed by atoms with Crippen LogP contribution in [-0.2, 0) is 9.53 Å². The van der Waals surface area contributed by atoms with E-state index in [0.717, 1.165) is 5.56 Å². The van der Waals surface area contributed by atoms with E-state index in [4.69, 9.17) is 4.74 Å². The average Bonchev–Trinajstić information content (AvgIpc) is 2.97. The van der Waals surface area contributed by atoms with Gasteiger partial charge < -0.3 is 4.74 Å². The van der Waals surface area contributed by atoms with E-state index in [2.05, 4.69) is 5.32 Å². The van der Waals surface area contributed by atoms with Crippen LogP contribution in [0.3, 0.4) is 0 Å². The van der Waals surface area contributed by atoms with Crippen molar-refractivity contribution in [3.8, 4) is 0 Å². The molecule has 1 fully saturated rings. The zero-order valence-corrected chi connectivity index (χ0v) is 8.94. The van der Waals surface area contributed by atoms with Crippen LogP contribution in [0.2, 0.25) is 0 Å². The Morgan fingerprint density at radius 3 is 2.60 bits per heavy atom. The first kappa shape index (κ1) is 10.2. The molecule has 2 unspecified atom stereocenters. The second kappa shape index (κ2) is 4.03. The number of hydrogen-bond donors (Lipinski definition) is 1. The molecule has 80 valence electrons. The van der Waals surface area contributed by atoms with Gasteiger partial charge in [-0.1, -0.05) is 30.3 Å². The summed E-state index contributed by atoms with van der Waals surface area (Å²) < 4.78 is 5.12. The molecule has 0 saturated carbocycles. The molecule has 1 aliphatic heterocycles. The van der Waals surface area contributed by atoms with E-state index in [-0.39, 0.29) is 24.2 Å². The van der Waals surface area contributed by atoms with Gasteiger partial charge >= 0.3 is 5.97 Å². The molecule has 0 radical (unpaired) electrons. The number of ether oxygens (including phenoxy) is 1. The molecule has 1 aromatic carbocycles. The van der Waals surface area contributed by atoms with Gasteiger partial charge in [-0.3, -0.25) is 10.1 Å². The maximum absolute atomic E-state index is 11.5. The highest BCUT2D eigenvalue weighted by Crippen LogP contribution is 2.30. The predicted molar refractivity (Wildman–Crippen MR) is 57.3 cm³/mol. The van der Waals surface area contributed by atoms with Crippen molar-refractivity contribution in [2.75, 3.05) is 0 Å². The van der Waals surface area contributed by atoms with Gasteiger partial charge in [0.2, 0.25) is 0 Å². The SMILES string of the molecule is CC(C)OC(=O)C1NC1c1ccccc1. The van der Waals surface area contributed by atoms with Gasteiger partial charge in [0.05, 0.1) is 12.1 Å². The highest BCUT2D eigenvalue weighted by molar-refractivity contribution is 5.80. The van der Waals surface area contributed by atoms with Crippen molar-refractivity contribution >= 4 is 5.97 Å². The molecule has 0 aromatic heterocycles. The second-order valence-corrected chi connectivity index (χ2v) is 4.02. The number of hydrogen-bond acceptors (Lipinski definition) is 3. The molecule has 2 rings (SSSR count). The van der Waals surface area contributed by atoms with Crippen LogP contribution < -0.4 is 5.32 Å². The van der Waals surface area contributed by atoms with Gasteiger partial charge in [-0.2, -0.15) is 0 Å². The van der Waals surface area contributed by atoms with Gasteiger partial charge in [0.1, 0.15) is 6.04 Å². The summed E-state index contributed by atoms with van der Waals surface area (Å²) in [7, 11) is 0. The first-order valence-corrected chi connectivity index (χ1v) is 5.20. The minimum absolute atomic E-state index is 0.0451. The summed E-state index contributed by atoms with van der Waals surface area (Å²) in [5.41, 5.74) is 1.14. The summed E-state index contributed by atoms with van der Waals surface area (Å²) in [5.74, 6) is -0.154. The molecule has 1 N–H and O–H groups in total. The average molecular weight is 205 g/mol. The second-order valence-electron chi connectivity index (χ2n) is 4.02. The fourth-order valence-corrected chi connectivity index (χ4v) is 1.60. The molecule has 1 heterocycles. The summed E-state index contributed by atoms with van der Waals surface area (Å²) >= 11 is 0. The van der Waals surface area contributed by atoms with Crippen molar-refractivity contribution in [1.29, 1.82) is 0 Å². The lowest BCUT2D eigenvalue weighted by atomic mass is 10.1. The Morgan fingerprint density at radius 1 is 1.33 bits per heavy atom. The van der Waals surface area contributed by atoms with Gasteiger partial charge in [0.15, 0.2) is 0 Å². The molecular formula is C12H15NO2. The van der Waals surface area contributed by atoms with Gasteiger partial charge in [0.25, 0.3) is 0 Å². The van der Waals surface area contributed by atoms with Crippen LogP contribution >= 0.6 is 0 Å². The number of carbonyl (C=O) groups excluding carboxylic acids is 1. The monoisotopic (exact) mass is 205 g/mol. The highest BCUT2D eigenvalue weighted by Gasteiger charge is 2.44. The quantitative estimate of drug-likeness (QED) is 0.603. The largest absolute Gasteiger partial charge is 0.462 e. The number of nitrogens with one attached hydrogen (secondary N) is 1. The van der Waals surface area contributed by atoms with Crippen LogP contribution in [0.25, 0.3) is 0 Å². The lowest BCUT2D eigenvalue weighted by molar-refractivity contribution is -0.146. The summed E-state index contributed by atoms with van der Waals surface area (Å²) in [6, 6.07) is 9.92. The Balaban J connectivity index is 1.94. The Labute approximate surface area is 89.4 Å². The lowest BCUT2D eigenvalue weighted by Crippen LogP contribution is -2.18. The molecule has 0 bridgehead atoms. The summed E-state index contributed by atoms with van der Waals surface area (Å²) in [6.07, 6.45) is -0.0451. The number of carbonyl (C=O) groups is 1. The van der Waals surface area contributed by atoms with Crippen LogP contribution in [-0.4, -0.2) is 18.1 Å². The molecule has 0 spiro atoms. The van der Waals surface area contributed by atoms with E-state index in [1.54, 1.807) is 0 Å². The van der Waals surface area contributed by atoms with Crippen LogP contribution in [0, 0.1) is 0 Å². The third-order valence-electron chi connectivity index (χ3n) is 2.35. The molecule has 1 saturated heterocycles. The maximum atomic E-state index is 11.5. The van der Waals surface area contributed by atoms with E-state index < -0.39 is 0 Å². The normalized spacial score (nSPS) is 23.9. The van der Waals surface area contributed by atoms with E-state index in [1.807, 2.05) is 44.2 Å². The summed E-state index contributed by atoms with van der Waals surface area (Å²) in [5, 5.41) is 3.12. The molecule has 15 heavy (non-hydrogen) atoms. The third-order valence-corrected chi connectivity index (χ3v) is 2.35. The first-order chi connectivity index (χ1) is 7.18. The number of rotatable bonds is 3. The van der Waals surface area contributed by atoms with Crippen molar-refractivity contribution in [3.63, 3.8) is 0 Å². The Morgan fingerprint density at radius 2 is 2.00 bits per heavy atom. The summed E-state index contributed by atoms with van der Waals surface area (Å²) in [6.45, 7) is 3.72. The minimum Gasteiger partial charge on any atom is -0.462 e. The van der Waals surface area contributed by atoms with E-state index in [1.165, 1.54) is 0 Å². The molecule has 0 amide bonds. The van der Waals surface area contributed by atoms with E-state index >= 15 is 0 Å². The molecule has 1 aliphatic rings. The number of benzene rings is 1. The fourth-order valence-electron chi connectivity index (χ4n) is 1.60. The van der Waals surface area contributed by atoms with Crippen molar-refractivity contribution < 1.29 is 9.53 Å². The van der Waals surface area contributed by atoms with Crippen LogP contribution in [0.1, 0.15) is 25.5 Å². The maximum Gasteiger partial charge on any atom is 0.325 e. The van der Waals surface area contributed by atoms with Crippen molar-refractivity contribution in [1.82, 2.24) is 5.32 Å². The standard InChI is InChI=1S/C12H15NO2/c1-8(2)15-12(14)11-10(13-11)9-6-4-3-5-7-9/h3-8,10-11,13H,1-2H3. The summed E-state index contributed by atoms with van der Waals surface area (Å²) in [4.78, 5) is 11.5. The van der Waals surface area contributed by atoms with Gasteiger partial charge in [-0.05, 0) is 19.4 Å². The topological polar surface area (TPSA) is 48.2 Å². The number of esters is 1. The molecule has 0 aliphatic carbocycles. The molecule has 2 atom stereocenters. The Kier molecular flexibility index (Phi) is 2.73. The van der Waals surface area contributed by atoms with Gasteiger partial charge in [-0.25, -0.2) is 0 Å². The highest BCUT2D eigenvalue weighted by atomic mass is 16.5. The van der Waals surface area contributed by atoms with Gasteiger partial charge in [-0.15, -0.1) is 0 Å². The van der Waals surface area contributed by atoms with Gasteiger partial charge in [0, 0.05) is 0 Å². The zero-order valence-electron chi connectivity index (χ0n) is 8.94. The lowest BCUT2D eigenvalue weighted by Gasteiger charge is -2.06. The minimum atomic E-state index is -0.158. The molecule has 3 heteroatoms. The Bertz CT molecular complexity index is 348. The molecule has 1 aromatic rings. The zero-order chi connectivity index (χ0) is 10.8. The van der Waals surface area contributed by atoms with E-state index in [9.17, 15) is 4.79 Å². The van der Waals surface area contributed by atoms with E-state index in [0.29, 0.717) is 0 Å². The van der Waals surface area contributed by atoms with Crippen molar-refractivity contribution in [3.05, 3.63) is 35.9 Å². The van der Waals surface area contributed by atoms with Crippen LogP contribution in [0.5, 0.6) is 0 Å². The first-order valence-electron chi connectivity index (χ1n) is 5.20. The smallest absolute Gasteiger partial charge is 0.325 e. The van der Waals surface area contributed by atoms with Crippen LogP contribution in [0.15, 0.2) is 30.3 Å². The third kappa shape index (κ3) is 2.36. The predicted octanol–water partition coefficient (Wildman–Crippen LogP) is 1.65. The van der Waals surface area contributed by atoms with Crippen molar-refractivity contribution in [2.24, 2.45) is 0 Å². The fraction of sp³-hybridized carbons (Fsp3) is 0.417. The Hall–Kier alpha value is -1.35. The molecular weight excluding hydrogens is 190 g/mol. The molecule has 3 nitrogen and oxygen atoms in total. The van der Waals surface area contributed by atoms with Crippen LogP contribution in [0.4, 0.5) is 0 Å².